The van der Waals surface area contributed by atoms with Gasteiger partial charge in [-0.05, 0) is 42.2 Å². The fraction of sp³-hybridized carbons (Fsp3) is 0.238. The van der Waals surface area contributed by atoms with Crippen molar-refractivity contribution in [3.63, 3.8) is 0 Å². The molecule has 30 heavy (non-hydrogen) atoms. The van der Waals surface area contributed by atoms with Crippen molar-refractivity contribution in [2.75, 3.05) is 6.54 Å². The first-order valence-electron chi connectivity index (χ1n) is 9.25. The van der Waals surface area contributed by atoms with E-state index in [9.17, 15) is 29.3 Å². The van der Waals surface area contributed by atoms with E-state index in [1.54, 1.807) is 19.1 Å². The van der Waals surface area contributed by atoms with Crippen LogP contribution in [-0.4, -0.2) is 49.8 Å². The van der Waals surface area contributed by atoms with Gasteiger partial charge in [0.25, 0.3) is 5.91 Å². The molecule has 9 heteroatoms. The molecule has 1 amide bonds. The number of carbonyl (C=O) groups excluding carboxylic acids is 1. The van der Waals surface area contributed by atoms with Crippen LogP contribution in [0.5, 0.6) is 5.75 Å². The summed E-state index contributed by atoms with van der Waals surface area (Å²) < 4.78 is 13.1. The molecule has 0 aliphatic rings. The highest BCUT2D eigenvalue weighted by Gasteiger charge is 2.23. The van der Waals surface area contributed by atoms with Crippen molar-refractivity contribution < 1.29 is 29.3 Å². The number of nitrogens with zero attached hydrogens (tertiary/aromatic N) is 2. The summed E-state index contributed by atoms with van der Waals surface area (Å²) in [5.41, 5.74) is 0.420. The van der Waals surface area contributed by atoms with E-state index in [0.717, 1.165) is 5.56 Å². The quantitative estimate of drug-likeness (QED) is 0.467. The number of benzene rings is 1. The van der Waals surface area contributed by atoms with Crippen LogP contribution in [0.3, 0.4) is 0 Å². The predicted molar refractivity (Wildman–Crippen MR) is 106 cm³/mol. The zero-order chi connectivity index (χ0) is 21.8. The Morgan fingerprint density at radius 3 is 2.50 bits per heavy atom. The fourth-order valence-corrected chi connectivity index (χ4v) is 2.91. The zero-order valence-electron chi connectivity index (χ0n) is 16.1. The minimum absolute atomic E-state index is 0.0685. The van der Waals surface area contributed by atoms with Crippen LogP contribution in [0.2, 0.25) is 0 Å². The van der Waals surface area contributed by atoms with Crippen LogP contribution in [0.15, 0.2) is 36.5 Å². The number of hydrogen-bond acceptors (Lipinski definition) is 6. The molecule has 4 N–H and O–H groups in total. The molecule has 1 atom stereocenters. The van der Waals surface area contributed by atoms with Gasteiger partial charge < -0.3 is 20.6 Å². The second-order valence-corrected chi connectivity index (χ2v) is 6.78. The number of hydrogen-bond donors (Lipinski definition) is 4. The first-order chi connectivity index (χ1) is 14.3. The number of carbonyl (C=O) groups is 2. The number of rotatable bonds is 7. The van der Waals surface area contributed by atoms with Gasteiger partial charge in [-0.3, -0.25) is 9.78 Å². The van der Waals surface area contributed by atoms with Crippen molar-refractivity contribution in [2.45, 2.75) is 25.9 Å². The van der Waals surface area contributed by atoms with Gasteiger partial charge in [0, 0.05) is 18.1 Å². The number of nitrogens with one attached hydrogen (secondary N) is 1. The zero-order valence-corrected chi connectivity index (χ0v) is 16.1. The van der Waals surface area contributed by atoms with Crippen LogP contribution >= 0.6 is 0 Å². The Hall–Kier alpha value is -3.59. The van der Waals surface area contributed by atoms with E-state index >= 15 is 0 Å². The molecule has 3 rings (SSSR count). The van der Waals surface area contributed by atoms with E-state index < -0.39 is 35.1 Å². The molecule has 156 valence electrons. The highest BCUT2D eigenvalue weighted by Crippen LogP contribution is 2.29. The molecule has 0 spiro atoms. The van der Waals surface area contributed by atoms with E-state index in [2.05, 4.69) is 15.3 Å². The highest BCUT2D eigenvalue weighted by molar-refractivity contribution is 6.07. The average Bonchev–Trinajstić information content (AvgIpc) is 2.73. The third-order valence-electron chi connectivity index (χ3n) is 4.58. The third kappa shape index (κ3) is 4.52. The summed E-state index contributed by atoms with van der Waals surface area (Å²) in [6, 6.07) is 7.36. The Labute approximate surface area is 171 Å². The second kappa shape index (κ2) is 8.83. The number of fused-ring (bicyclic) bond motifs is 1. The molecular weight excluding hydrogens is 393 g/mol. The Kier molecular flexibility index (Phi) is 6.22. The van der Waals surface area contributed by atoms with Gasteiger partial charge >= 0.3 is 5.97 Å². The number of carboxylic acid groups (broad SMARTS) is 1. The van der Waals surface area contributed by atoms with Crippen molar-refractivity contribution in [2.24, 2.45) is 0 Å². The number of amides is 1. The number of aromatic hydroxyl groups is 1. The van der Waals surface area contributed by atoms with Crippen LogP contribution < -0.4 is 5.32 Å². The first kappa shape index (κ1) is 21.1. The maximum Gasteiger partial charge on any atom is 0.355 e. The molecule has 0 saturated heterocycles. The van der Waals surface area contributed by atoms with Gasteiger partial charge in [-0.1, -0.05) is 19.1 Å². The summed E-state index contributed by atoms with van der Waals surface area (Å²) in [6.07, 6.45) is 1.44. The monoisotopic (exact) mass is 413 g/mol. The maximum atomic E-state index is 13.1. The smallest absolute Gasteiger partial charge is 0.355 e. The minimum atomic E-state index is -1.39. The van der Waals surface area contributed by atoms with Gasteiger partial charge in [-0.2, -0.15) is 0 Å². The summed E-state index contributed by atoms with van der Waals surface area (Å²) in [4.78, 5) is 32.0. The molecule has 0 aliphatic heterocycles. The maximum absolute atomic E-state index is 13.1. The summed E-state index contributed by atoms with van der Waals surface area (Å²) >= 11 is 0. The summed E-state index contributed by atoms with van der Waals surface area (Å²) in [7, 11) is 0. The Balaban J connectivity index is 2.00. The van der Waals surface area contributed by atoms with Crippen LogP contribution in [0.4, 0.5) is 4.39 Å². The van der Waals surface area contributed by atoms with Crippen molar-refractivity contribution in [1.82, 2.24) is 15.3 Å². The highest BCUT2D eigenvalue weighted by atomic mass is 19.1. The molecular formula is C21H20FN3O5. The number of aromatic carboxylic acids is 1. The molecule has 2 heterocycles. The van der Waals surface area contributed by atoms with Gasteiger partial charge in [0.15, 0.2) is 17.1 Å². The van der Waals surface area contributed by atoms with Crippen molar-refractivity contribution in [3.05, 3.63) is 64.9 Å². The molecule has 8 nitrogen and oxygen atoms in total. The van der Waals surface area contributed by atoms with Gasteiger partial charge in [0.05, 0.1) is 6.10 Å². The van der Waals surface area contributed by atoms with E-state index in [1.165, 1.54) is 24.4 Å². The van der Waals surface area contributed by atoms with E-state index in [-0.39, 0.29) is 23.3 Å². The van der Waals surface area contributed by atoms with Crippen LogP contribution in [0.1, 0.15) is 45.4 Å². The summed E-state index contributed by atoms with van der Waals surface area (Å²) in [5.74, 6) is -3.12. The molecule has 2 aromatic heterocycles. The molecule has 1 unspecified atom stereocenters. The molecule has 1 aromatic carbocycles. The number of carboxylic acids is 1. The van der Waals surface area contributed by atoms with Crippen LogP contribution in [-0.2, 0) is 6.42 Å². The summed E-state index contributed by atoms with van der Waals surface area (Å²) in [6.45, 7) is 1.67. The van der Waals surface area contributed by atoms with Crippen LogP contribution in [0, 0.1) is 5.82 Å². The predicted octanol–water partition coefficient (Wildman–Crippen LogP) is 2.26. The normalized spacial score (nSPS) is 12.0. The van der Waals surface area contributed by atoms with Gasteiger partial charge in [-0.15, -0.1) is 0 Å². The fourth-order valence-electron chi connectivity index (χ4n) is 2.91. The largest absolute Gasteiger partial charge is 0.504 e. The molecule has 0 saturated carbocycles. The topological polar surface area (TPSA) is 133 Å². The molecule has 0 aliphatic carbocycles. The third-order valence-corrected chi connectivity index (χ3v) is 4.58. The number of halogens is 1. The lowest BCUT2D eigenvalue weighted by Crippen LogP contribution is -2.32. The Bertz CT molecular complexity index is 1100. The standard InChI is InChI=1S/C21H20FN3O5/c1-2-14(26)10-24-20(28)18-19(27)16-15(17(25-18)21(29)30)8-12(9-23-16)7-11-3-5-13(22)6-4-11/h3-6,8-9,14,26-27H,2,7,10H2,1H3,(H,24,28)(H,29,30). The molecule has 0 fully saturated rings. The number of aromatic nitrogens is 2. The first-order valence-corrected chi connectivity index (χ1v) is 9.25. The lowest BCUT2D eigenvalue weighted by molar-refractivity contribution is 0.0692. The number of aliphatic hydroxyl groups is 1. The molecule has 0 radical (unpaired) electrons. The lowest BCUT2D eigenvalue weighted by Gasteiger charge is -2.12. The van der Waals surface area contributed by atoms with E-state index in [0.29, 0.717) is 18.4 Å². The average molecular weight is 413 g/mol. The van der Waals surface area contributed by atoms with E-state index in [1.807, 2.05) is 0 Å². The van der Waals surface area contributed by atoms with Crippen molar-refractivity contribution in [1.29, 1.82) is 0 Å². The van der Waals surface area contributed by atoms with E-state index in [4.69, 9.17) is 0 Å². The van der Waals surface area contributed by atoms with Gasteiger partial charge in [-0.25, -0.2) is 14.2 Å². The van der Waals surface area contributed by atoms with Crippen LogP contribution in [0.25, 0.3) is 10.9 Å². The lowest BCUT2D eigenvalue weighted by atomic mass is 10.0. The minimum Gasteiger partial charge on any atom is -0.504 e. The summed E-state index contributed by atoms with van der Waals surface area (Å²) in [5, 5.41) is 32.1. The Morgan fingerprint density at radius 1 is 1.17 bits per heavy atom. The number of pyridine rings is 2. The second-order valence-electron chi connectivity index (χ2n) is 6.78. The van der Waals surface area contributed by atoms with Crippen molar-refractivity contribution in [3.8, 4) is 5.75 Å². The van der Waals surface area contributed by atoms with Crippen molar-refractivity contribution >= 4 is 22.8 Å². The number of aliphatic hydroxyl groups excluding tert-OH is 1. The molecule has 3 aromatic rings. The SMILES string of the molecule is CCC(O)CNC(=O)c1nc(C(=O)O)c2cc(Cc3ccc(F)cc3)cnc2c1O. The van der Waals surface area contributed by atoms with Gasteiger partial charge in [0.1, 0.15) is 11.3 Å². The molecule has 0 bridgehead atoms. The van der Waals surface area contributed by atoms with Gasteiger partial charge in [0.2, 0.25) is 0 Å². The Morgan fingerprint density at radius 2 is 1.87 bits per heavy atom.